The number of carbonyl (C=O) groups is 2. The zero-order valence-electron chi connectivity index (χ0n) is 12.8. The summed E-state index contributed by atoms with van der Waals surface area (Å²) in [5, 5.41) is 3.32. The Bertz CT molecular complexity index is 703. The topological polar surface area (TPSA) is 46.2 Å². The Morgan fingerprint density at radius 1 is 1.13 bits per heavy atom. The lowest BCUT2D eigenvalue weighted by molar-refractivity contribution is -0.116. The third-order valence-corrected chi connectivity index (χ3v) is 4.46. The van der Waals surface area contributed by atoms with Gasteiger partial charge >= 0.3 is 0 Å². The molecule has 3 nitrogen and oxygen atoms in total. The summed E-state index contributed by atoms with van der Waals surface area (Å²) in [4.78, 5) is 24.8. The standard InChI is InChI=1S/C18H18ClNO2S/c1-2-6-18(22)20-13-7-5-8-14(11-13)23-12-17(21)15-9-3-4-10-16(15)19/h3-5,7-11H,2,6,12H2,1H3,(H,20,22). The molecule has 2 rings (SSSR count). The van der Waals surface area contributed by atoms with Crippen LogP contribution in [0.3, 0.4) is 0 Å². The van der Waals surface area contributed by atoms with Crippen LogP contribution in [0, 0.1) is 0 Å². The fraction of sp³-hybridized carbons (Fsp3) is 0.222. The lowest BCUT2D eigenvalue weighted by Crippen LogP contribution is -2.10. The van der Waals surface area contributed by atoms with Gasteiger partial charge in [-0.05, 0) is 36.8 Å². The number of thioether (sulfide) groups is 1. The molecule has 0 spiro atoms. The molecule has 0 radical (unpaired) electrons. The summed E-state index contributed by atoms with van der Waals surface area (Å²) >= 11 is 7.46. The van der Waals surface area contributed by atoms with Crippen LogP contribution in [0.5, 0.6) is 0 Å². The van der Waals surface area contributed by atoms with E-state index in [1.807, 2.05) is 31.2 Å². The first kappa shape index (κ1) is 17.6. The number of hydrogen-bond donors (Lipinski definition) is 1. The van der Waals surface area contributed by atoms with Gasteiger partial charge in [0.2, 0.25) is 5.91 Å². The maximum absolute atomic E-state index is 12.2. The highest BCUT2D eigenvalue weighted by Crippen LogP contribution is 2.24. The molecule has 0 bridgehead atoms. The van der Waals surface area contributed by atoms with E-state index in [1.165, 1.54) is 11.8 Å². The van der Waals surface area contributed by atoms with E-state index >= 15 is 0 Å². The van der Waals surface area contributed by atoms with Crippen LogP contribution in [0.25, 0.3) is 0 Å². The van der Waals surface area contributed by atoms with Crippen LogP contribution >= 0.6 is 23.4 Å². The molecule has 2 aromatic rings. The van der Waals surface area contributed by atoms with Gasteiger partial charge in [-0.3, -0.25) is 9.59 Å². The number of hydrogen-bond acceptors (Lipinski definition) is 3. The highest BCUT2D eigenvalue weighted by Gasteiger charge is 2.10. The fourth-order valence-corrected chi connectivity index (χ4v) is 3.11. The van der Waals surface area contributed by atoms with E-state index in [9.17, 15) is 9.59 Å². The highest BCUT2D eigenvalue weighted by atomic mass is 35.5. The monoisotopic (exact) mass is 347 g/mol. The summed E-state index contributed by atoms with van der Waals surface area (Å²) in [5.41, 5.74) is 1.28. The van der Waals surface area contributed by atoms with Gasteiger partial charge in [-0.25, -0.2) is 0 Å². The van der Waals surface area contributed by atoms with Crippen molar-refractivity contribution in [3.05, 3.63) is 59.1 Å². The summed E-state index contributed by atoms with van der Waals surface area (Å²) in [6, 6.07) is 14.5. The molecule has 0 unspecified atom stereocenters. The average Bonchev–Trinajstić information content (AvgIpc) is 2.53. The number of benzene rings is 2. The van der Waals surface area contributed by atoms with Crippen molar-refractivity contribution >= 4 is 40.7 Å². The first-order valence-corrected chi connectivity index (χ1v) is 8.77. The van der Waals surface area contributed by atoms with Gasteiger partial charge in [-0.1, -0.05) is 36.7 Å². The van der Waals surface area contributed by atoms with Gasteiger partial charge < -0.3 is 5.32 Å². The Labute approximate surface area is 145 Å². The third-order valence-electron chi connectivity index (χ3n) is 3.14. The quantitative estimate of drug-likeness (QED) is 0.563. The minimum Gasteiger partial charge on any atom is -0.326 e. The Morgan fingerprint density at radius 3 is 2.65 bits per heavy atom. The minimum atomic E-state index is -0.0129. The lowest BCUT2D eigenvalue weighted by atomic mass is 10.1. The molecular formula is C18H18ClNO2S. The molecule has 0 aliphatic carbocycles. The largest absolute Gasteiger partial charge is 0.326 e. The van der Waals surface area contributed by atoms with Gasteiger partial charge in [0.25, 0.3) is 0 Å². The first-order valence-electron chi connectivity index (χ1n) is 7.40. The van der Waals surface area contributed by atoms with Crippen molar-refractivity contribution in [1.82, 2.24) is 0 Å². The predicted molar refractivity (Wildman–Crippen MR) is 96.5 cm³/mol. The molecule has 120 valence electrons. The molecule has 0 aliphatic heterocycles. The second kappa shape index (κ2) is 8.75. The number of amides is 1. The van der Waals surface area contributed by atoms with Crippen molar-refractivity contribution in [3.63, 3.8) is 0 Å². The maximum Gasteiger partial charge on any atom is 0.224 e. The molecule has 1 amide bonds. The van der Waals surface area contributed by atoms with E-state index in [4.69, 9.17) is 11.6 Å². The second-order valence-electron chi connectivity index (χ2n) is 5.02. The van der Waals surface area contributed by atoms with Gasteiger partial charge in [0.05, 0.1) is 10.8 Å². The summed E-state index contributed by atoms with van der Waals surface area (Å²) in [5.74, 6) is 0.290. The molecule has 23 heavy (non-hydrogen) atoms. The maximum atomic E-state index is 12.2. The van der Waals surface area contributed by atoms with Crippen LogP contribution in [-0.4, -0.2) is 17.4 Å². The zero-order chi connectivity index (χ0) is 16.7. The van der Waals surface area contributed by atoms with Crippen molar-refractivity contribution in [3.8, 4) is 0 Å². The van der Waals surface area contributed by atoms with E-state index in [2.05, 4.69) is 5.32 Å². The SMILES string of the molecule is CCCC(=O)Nc1cccc(SCC(=O)c2ccccc2Cl)c1. The van der Waals surface area contributed by atoms with Gasteiger partial charge in [0.1, 0.15) is 0 Å². The summed E-state index contributed by atoms with van der Waals surface area (Å²) in [6.45, 7) is 1.96. The minimum absolute atomic E-state index is 0.00166. The molecular weight excluding hydrogens is 330 g/mol. The molecule has 1 N–H and O–H groups in total. The number of ketones is 1. The lowest BCUT2D eigenvalue weighted by Gasteiger charge is -2.07. The van der Waals surface area contributed by atoms with Crippen LogP contribution in [0.15, 0.2) is 53.4 Å². The Morgan fingerprint density at radius 2 is 1.91 bits per heavy atom. The number of anilines is 1. The molecule has 5 heteroatoms. The first-order chi connectivity index (χ1) is 11.1. The second-order valence-corrected chi connectivity index (χ2v) is 6.47. The predicted octanol–water partition coefficient (Wildman–Crippen LogP) is 5.05. The molecule has 0 aromatic heterocycles. The molecule has 0 aliphatic rings. The van der Waals surface area contributed by atoms with E-state index < -0.39 is 0 Å². The average molecular weight is 348 g/mol. The number of Topliss-reactive ketones (excluding diaryl/α,β-unsaturated/α-hetero) is 1. The number of halogens is 1. The van der Waals surface area contributed by atoms with Crippen molar-refractivity contribution in [2.24, 2.45) is 0 Å². The van der Waals surface area contributed by atoms with E-state index in [1.54, 1.807) is 24.3 Å². The van der Waals surface area contributed by atoms with Crippen LogP contribution < -0.4 is 5.32 Å². The van der Waals surface area contributed by atoms with Crippen LogP contribution in [0.1, 0.15) is 30.1 Å². The normalized spacial score (nSPS) is 10.3. The third kappa shape index (κ3) is 5.41. The van der Waals surface area contributed by atoms with Gasteiger partial charge in [0.15, 0.2) is 5.78 Å². The molecule has 0 saturated carbocycles. The van der Waals surface area contributed by atoms with Crippen molar-refractivity contribution in [2.75, 3.05) is 11.1 Å². The summed E-state index contributed by atoms with van der Waals surface area (Å²) < 4.78 is 0. The van der Waals surface area contributed by atoms with Crippen LogP contribution in [-0.2, 0) is 4.79 Å². The Kier molecular flexibility index (Phi) is 6.68. The van der Waals surface area contributed by atoms with Crippen LogP contribution in [0.4, 0.5) is 5.69 Å². The van der Waals surface area contributed by atoms with Gasteiger partial charge in [-0.15, -0.1) is 11.8 Å². The van der Waals surface area contributed by atoms with Crippen molar-refractivity contribution in [2.45, 2.75) is 24.7 Å². The smallest absolute Gasteiger partial charge is 0.224 e. The Hall–Kier alpha value is -1.78. The zero-order valence-corrected chi connectivity index (χ0v) is 14.4. The van der Waals surface area contributed by atoms with E-state index in [0.29, 0.717) is 22.8 Å². The number of rotatable bonds is 7. The summed E-state index contributed by atoms with van der Waals surface area (Å²) in [7, 11) is 0. The molecule has 0 heterocycles. The number of nitrogens with one attached hydrogen (secondary N) is 1. The molecule has 0 fully saturated rings. The Balaban J connectivity index is 1.97. The number of carbonyl (C=O) groups excluding carboxylic acids is 2. The van der Waals surface area contributed by atoms with Crippen molar-refractivity contribution < 1.29 is 9.59 Å². The fourth-order valence-electron chi connectivity index (χ4n) is 2.03. The summed E-state index contributed by atoms with van der Waals surface area (Å²) in [6.07, 6.45) is 1.31. The van der Waals surface area contributed by atoms with Gasteiger partial charge in [0, 0.05) is 22.6 Å². The molecule has 0 atom stereocenters. The molecule has 0 saturated heterocycles. The molecule has 2 aromatic carbocycles. The van der Waals surface area contributed by atoms with E-state index in [-0.39, 0.29) is 11.7 Å². The van der Waals surface area contributed by atoms with Crippen LogP contribution in [0.2, 0.25) is 5.02 Å². The highest BCUT2D eigenvalue weighted by molar-refractivity contribution is 8.00. The van der Waals surface area contributed by atoms with E-state index in [0.717, 1.165) is 17.0 Å². The van der Waals surface area contributed by atoms with Crippen molar-refractivity contribution in [1.29, 1.82) is 0 Å². The van der Waals surface area contributed by atoms with Gasteiger partial charge in [-0.2, -0.15) is 0 Å².